The van der Waals surface area contributed by atoms with Gasteiger partial charge in [0.25, 0.3) is 0 Å². The van der Waals surface area contributed by atoms with Crippen molar-refractivity contribution >= 4 is 5.91 Å². The van der Waals surface area contributed by atoms with E-state index in [4.69, 9.17) is 0 Å². The first-order valence-corrected chi connectivity index (χ1v) is 20.8. The van der Waals surface area contributed by atoms with Crippen molar-refractivity contribution in [3.63, 3.8) is 0 Å². The molecule has 0 aromatic rings. The molecule has 0 heterocycles. The molecule has 46 heavy (non-hydrogen) atoms. The number of rotatable bonds is 38. The summed E-state index contributed by atoms with van der Waals surface area (Å²) in [5.74, 6) is -0.283. The van der Waals surface area contributed by atoms with Crippen LogP contribution in [0.15, 0.2) is 0 Å². The number of amides is 1. The summed E-state index contributed by atoms with van der Waals surface area (Å²) in [7, 11) is 0. The molecule has 5 heteroatoms. The number of aliphatic hydroxyl groups excluding tert-OH is 3. The average molecular weight is 654 g/mol. The predicted octanol–water partition coefficient (Wildman–Crippen LogP) is 11.5. The molecule has 0 bridgehead atoms. The fraction of sp³-hybridized carbons (Fsp3) is 0.976. The maximum Gasteiger partial charge on any atom is 0.222 e. The lowest BCUT2D eigenvalue weighted by molar-refractivity contribution is -0.125. The van der Waals surface area contributed by atoms with Crippen LogP contribution in [0.5, 0.6) is 0 Å². The van der Waals surface area contributed by atoms with Crippen LogP contribution in [0.1, 0.15) is 232 Å². The lowest BCUT2D eigenvalue weighted by atomic mass is 10.0. The second-order valence-corrected chi connectivity index (χ2v) is 14.6. The SMILES string of the molecule is CCCCCCCCCCCCCCCCCCCCCCCCCC(O)C(CO)NC(=O)CC(O)CCCCCCCCCC. The topological polar surface area (TPSA) is 89.8 Å². The van der Waals surface area contributed by atoms with E-state index < -0.39 is 18.2 Å². The molecule has 4 N–H and O–H groups in total. The number of aliphatic hydroxyl groups is 3. The third-order valence-electron chi connectivity index (χ3n) is 9.92. The van der Waals surface area contributed by atoms with Gasteiger partial charge in [-0.1, -0.05) is 213 Å². The summed E-state index contributed by atoms with van der Waals surface area (Å²) >= 11 is 0. The first-order chi connectivity index (χ1) is 22.5. The first kappa shape index (κ1) is 45.3. The van der Waals surface area contributed by atoms with E-state index in [9.17, 15) is 20.1 Å². The Morgan fingerprint density at radius 2 is 0.739 bits per heavy atom. The largest absolute Gasteiger partial charge is 0.394 e. The average Bonchev–Trinajstić information content (AvgIpc) is 3.05. The van der Waals surface area contributed by atoms with Crippen LogP contribution in [0, 0.1) is 0 Å². The maximum absolute atomic E-state index is 12.3. The standard InChI is InChI=1S/C41H83NO4/c1-3-5-7-9-11-13-14-15-16-17-18-19-20-21-22-23-24-25-26-27-29-31-33-35-40(45)39(37-43)42-41(46)36-38(44)34-32-30-28-12-10-8-6-4-2/h38-40,43-45H,3-37H2,1-2H3,(H,42,46). The van der Waals surface area contributed by atoms with Crippen LogP contribution in [0.3, 0.4) is 0 Å². The summed E-state index contributed by atoms with van der Waals surface area (Å²) in [5, 5.41) is 33.2. The number of carbonyl (C=O) groups excluding carboxylic acids is 1. The minimum absolute atomic E-state index is 0.0408. The van der Waals surface area contributed by atoms with Gasteiger partial charge in [-0.3, -0.25) is 4.79 Å². The Morgan fingerprint density at radius 1 is 0.457 bits per heavy atom. The summed E-state index contributed by atoms with van der Waals surface area (Å²) in [6.07, 6.45) is 40.8. The summed E-state index contributed by atoms with van der Waals surface area (Å²) in [6, 6.07) is -0.650. The van der Waals surface area contributed by atoms with Gasteiger partial charge in [-0.2, -0.15) is 0 Å². The summed E-state index contributed by atoms with van der Waals surface area (Å²) < 4.78 is 0. The molecule has 0 saturated carbocycles. The van der Waals surface area contributed by atoms with E-state index in [2.05, 4.69) is 19.2 Å². The summed E-state index contributed by atoms with van der Waals surface area (Å²) in [4.78, 5) is 12.3. The molecule has 0 aromatic heterocycles. The molecule has 0 rings (SSSR count). The van der Waals surface area contributed by atoms with Gasteiger partial charge < -0.3 is 20.6 Å². The van der Waals surface area contributed by atoms with E-state index in [0.29, 0.717) is 12.8 Å². The fourth-order valence-electron chi connectivity index (χ4n) is 6.70. The lowest BCUT2D eigenvalue weighted by Crippen LogP contribution is -2.46. The minimum Gasteiger partial charge on any atom is -0.394 e. The quantitative estimate of drug-likeness (QED) is 0.0499. The molecule has 0 radical (unpaired) electrons. The van der Waals surface area contributed by atoms with Gasteiger partial charge >= 0.3 is 0 Å². The second kappa shape index (κ2) is 37.2. The lowest BCUT2D eigenvalue weighted by Gasteiger charge is -2.23. The highest BCUT2D eigenvalue weighted by molar-refractivity contribution is 5.76. The maximum atomic E-state index is 12.3. The summed E-state index contributed by atoms with van der Waals surface area (Å²) in [5.41, 5.74) is 0. The van der Waals surface area contributed by atoms with Crippen molar-refractivity contribution in [2.45, 2.75) is 250 Å². The monoisotopic (exact) mass is 654 g/mol. The zero-order valence-electron chi connectivity index (χ0n) is 31.2. The Kier molecular flexibility index (Phi) is 36.6. The summed E-state index contributed by atoms with van der Waals surface area (Å²) in [6.45, 7) is 4.24. The number of hydrogen-bond acceptors (Lipinski definition) is 4. The van der Waals surface area contributed by atoms with Crippen molar-refractivity contribution in [2.24, 2.45) is 0 Å². The Balaban J connectivity index is 3.51. The van der Waals surface area contributed by atoms with Gasteiger partial charge in [-0.05, 0) is 12.8 Å². The molecule has 0 aliphatic heterocycles. The van der Waals surface area contributed by atoms with Crippen LogP contribution in [0.25, 0.3) is 0 Å². The van der Waals surface area contributed by atoms with Crippen LogP contribution >= 0.6 is 0 Å². The zero-order valence-corrected chi connectivity index (χ0v) is 31.2. The molecule has 3 atom stereocenters. The normalized spacial score (nSPS) is 13.6. The van der Waals surface area contributed by atoms with Gasteiger partial charge in [0.05, 0.1) is 31.3 Å². The third kappa shape index (κ3) is 33.3. The van der Waals surface area contributed by atoms with E-state index in [1.807, 2.05) is 0 Å². The highest BCUT2D eigenvalue weighted by Crippen LogP contribution is 2.17. The van der Waals surface area contributed by atoms with Crippen molar-refractivity contribution in [1.29, 1.82) is 0 Å². The van der Waals surface area contributed by atoms with E-state index in [0.717, 1.165) is 25.7 Å². The Morgan fingerprint density at radius 3 is 1.04 bits per heavy atom. The van der Waals surface area contributed by atoms with Crippen LogP contribution in [0.2, 0.25) is 0 Å². The van der Waals surface area contributed by atoms with Gasteiger partial charge in [0.15, 0.2) is 0 Å². The molecule has 0 aliphatic carbocycles. The smallest absolute Gasteiger partial charge is 0.222 e. The van der Waals surface area contributed by atoms with Crippen molar-refractivity contribution in [3.05, 3.63) is 0 Å². The fourth-order valence-corrected chi connectivity index (χ4v) is 6.70. The number of unbranched alkanes of at least 4 members (excludes halogenated alkanes) is 29. The van der Waals surface area contributed by atoms with E-state index >= 15 is 0 Å². The molecular weight excluding hydrogens is 570 g/mol. The number of nitrogens with one attached hydrogen (secondary N) is 1. The molecule has 0 fully saturated rings. The van der Waals surface area contributed by atoms with Crippen molar-refractivity contribution in [3.8, 4) is 0 Å². The number of hydrogen-bond donors (Lipinski definition) is 4. The number of carbonyl (C=O) groups is 1. The molecule has 0 saturated heterocycles. The molecule has 1 amide bonds. The first-order valence-electron chi connectivity index (χ1n) is 20.8. The van der Waals surface area contributed by atoms with Gasteiger partial charge in [-0.25, -0.2) is 0 Å². The van der Waals surface area contributed by atoms with E-state index in [-0.39, 0.29) is 18.9 Å². The molecule has 0 aromatic carbocycles. The van der Waals surface area contributed by atoms with Crippen LogP contribution < -0.4 is 5.32 Å². The Labute approximate surface area is 287 Å². The Bertz CT molecular complexity index is 601. The second-order valence-electron chi connectivity index (χ2n) is 14.6. The molecule has 5 nitrogen and oxygen atoms in total. The van der Waals surface area contributed by atoms with Crippen LogP contribution in [-0.2, 0) is 4.79 Å². The molecule has 276 valence electrons. The van der Waals surface area contributed by atoms with Gasteiger partial charge in [0, 0.05) is 0 Å². The molecule has 3 unspecified atom stereocenters. The molecule has 0 aliphatic rings. The van der Waals surface area contributed by atoms with Gasteiger partial charge in [0.2, 0.25) is 5.91 Å². The van der Waals surface area contributed by atoms with Gasteiger partial charge in [0.1, 0.15) is 0 Å². The van der Waals surface area contributed by atoms with Crippen molar-refractivity contribution in [1.82, 2.24) is 5.32 Å². The van der Waals surface area contributed by atoms with Crippen molar-refractivity contribution in [2.75, 3.05) is 6.61 Å². The highest BCUT2D eigenvalue weighted by atomic mass is 16.3. The third-order valence-corrected chi connectivity index (χ3v) is 9.92. The molecule has 0 spiro atoms. The zero-order chi connectivity index (χ0) is 33.8. The van der Waals surface area contributed by atoms with Crippen LogP contribution in [-0.4, -0.2) is 46.1 Å². The minimum atomic E-state index is -0.742. The van der Waals surface area contributed by atoms with Gasteiger partial charge in [-0.15, -0.1) is 0 Å². The van der Waals surface area contributed by atoms with E-state index in [1.165, 1.54) is 173 Å². The Hall–Kier alpha value is -0.650. The highest BCUT2D eigenvalue weighted by Gasteiger charge is 2.21. The van der Waals surface area contributed by atoms with E-state index in [1.54, 1.807) is 0 Å². The van der Waals surface area contributed by atoms with Crippen LogP contribution in [0.4, 0.5) is 0 Å². The van der Waals surface area contributed by atoms with Crippen molar-refractivity contribution < 1.29 is 20.1 Å². The predicted molar refractivity (Wildman–Crippen MR) is 199 cm³/mol. The molecular formula is C41H83NO4.